The number of aromatic nitrogens is 2. The summed E-state index contributed by atoms with van der Waals surface area (Å²) in [4.78, 5) is 9.13. The molecule has 0 unspecified atom stereocenters. The SMILES string of the molecule is CCCCCCCCc1cnc(-c2ccc(O[C@H](C)CCCCC)cc2)nc1. The molecule has 2 aromatic rings. The summed E-state index contributed by atoms with van der Waals surface area (Å²) in [5, 5.41) is 0. The summed E-state index contributed by atoms with van der Waals surface area (Å²) in [5.74, 6) is 1.71. The van der Waals surface area contributed by atoms with Crippen molar-refractivity contribution >= 4 is 0 Å². The fraction of sp³-hybridized carbons (Fsp3) is 0.600. The third-order valence-corrected chi connectivity index (χ3v) is 5.19. The topological polar surface area (TPSA) is 35.0 Å². The summed E-state index contributed by atoms with van der Waals surface area (Å²) in [6.07, 6.45) is 18.1. The molecule has 0 aliphatic heterocycles. The third kappa shape index (κ3) is 8.41. The highest BCUT2D eigenvalue weighted by molar-refractivity contribution is 5.55. The Morgan fingerprint density at radius 1 is 0.786 bits per heavy atom. The molecule has 0 saturated carbocycles. The summed E-state index contributed by atoms with van der Waals surface area (Å²) in [6.45, 7) is 6.64. The molecule has 0 N–H and O–H groups in total. The number of ether oxygens (including phenoxy) is 1. The quantitative estimate of drug-likeness (QED) is 0.319. The smallest absolute Gasteiger partial charge is 0.159 e. The minimum Gasteiger partial charge on any atom is -0.491 e. The van der Waals surface area contributed by atoms with Gasteiger partial charge in [0.2, 0.25) is 0 Å². The van der Waals surface area contributed by atoms with Crippen molar-refractivity contribution < 1.29 is 4.74 Å². The largest absolute Gasteiger partial charge is 0.491 e. The molecule has 0 amide bonds. The molecule has 0 spiro atoms. The van der Waals surface area contributed by atoms with E-state index in [2.05, 4.69) is 42.9 Å². The number of rotatable bonds is 14. The normalized spacial score (nSPS) is 12.1. The molecule has 0 aliphatic carbocycles. The molecular formula is C25H38N2O. The van der Waals surface area contributed by atoms with Gasteiger partial charge in [0.1, 0.15) is 5.75 Å². The molecule has 0 aliphatic rings. The summed E-state index contributed by atoms with van der Waals surface area (Å²) in [7, 11) is 0. The van der Waals surface area contributed by atoms with E-state index < -0.39 is 0 Å². The van der Waals surface area contributed by atoms with E-state index in [1.54, 1.807) is 0 Å². The van der Waals surface area contributed by atoms with Crippen LogP contribution in [0.4, 0.5) is 0 Å². The molecule has 1 heterocycles. The van der Waals surface area contributed by atoms with Gasteiger partial charge in [-0.2, -0.15) is 0 Å². The van der Waals surface area contributed by atoms with Gasteiger partial charge in [0.05, 0.1) is 6.10 Å². The lowest BCUT2D eigenvalue weighted by atomic mass is 10.1. The molecule has 28 heavy (non-hydrogen) atoms. The van der Waals surface area contributed by atoms with E-state index in [0.717, 1.165) is 30.0 Å². The van der Waals surface area contributed by atoms with Crippen molar-refractivity contribution in [2.24, 2.45) is 0 Å². The van der Waals surface area contributed by atoms with Gasteiger partial charge in [-0.15, -0.1) is 0 Å². The van der Waals surface area contributed by atoms with Crippen molar-refractivity contribution in [1.29, 1.82) is 0 Å². The molecule has 2 rings (SSSR count). The number of hydrogen-bond acceptors (Lipinski definition) is 3. The Hall–Kier alpha value is -1.90. The van der Waals surface area contributed by atoms with Crippen LogP contribution in [-0.4, -0.2) is 16.1 Å². The summed E-state index contributed by atoms with van der Waals surface area (Å²) in [5.41, 5.74) is 2.28. The van der Waals surface area contributed by atoms with Gasteiger partial charge in [-0.1, -0.05) is 58.8 Å². The first-order chi connectivity index (χ1) is 13.7. The van der Waals surface area contributed by atoms with E-state index >= 15 is 0 Å². The van der Waals surface area contributed by atoms with Crippen LogP contribution in [0, 0.1) is 0 Å². The molecule has 0 fully saturated rings. The summed E-state index contributed by atoms with van der Waals surface area (Å²) < 4.78 is 6.01. The second-order valence-corrected chi connectivity index (χ2v) is 7.88. The Kier molecular flexibility index (Phi) is 10.6. The predicted molar refractivity (Wildman–Crippen MR) is 119 cm³/mol. The van der Waals surface area contributed by atoms with Crippen LogP contribution in [0.2, 0.25) is 0 Å². The van der Waals surface area contributed by atoms with Crippen molar-refractivity contribution in [2.75, 3.05) is 0 Å². The van der Waals surface area contributed by atoms with Crippen LogP contribution < -0.4 is 4.74 Å². The van der Waals surface area contributed by atoms with Crippen molar-refractivity contribution in [3.63, 3.8) is 0 Å². The van der Waals surface area contributed by atoms with Gasteiger partial charge in [-0.05, 0) is 62.4 Å². The van der Waals surface area contributed by atoms with Gasteiger partial charge < -0.3 is 4.74 Å². The third-order valence-electron chi connectivity index (χ3n) is 5.19. The van der Waals surface area contributed by atoms with E-state index in [1.807, 2.05) is 24.5 Å². The minimum atomic E-state index is 0.259. The lowest BCUT2D eigenvalue weighted by Crippen LogP contribution is -2.11. The van der Waals surface area contributed by atoms with Crippen LogP contribution in [0.5, 0.6) is 5.75 Å². The average molecular weight is 383 g/mol. The van der Waals surface area contributed by atoms with Crippen LogP contribution in [0.3, 0.4) is 0 Å². The zero-order valence-corrected chi connectivity index (χ0v) is 18.1. The van der Waals surface area contributed by atoms with Gasteiger partial charge in [0.15, 0.2) is 5.82 Å². The minimum absolute atomic E-state index is 0.259. The Morgan fingerprint density at radius 2 is 1.39 bits per heavy atom. The van der Waals surface area contributed by atoms with Crippen molar-refractivity contribution in [3.05, 3.63) is 42.2 Å². The van der Waals surface area contributed by atoms with E-state index in [0.29, 0.717) is 0 Å². The second kappa shape index (κ2) is 13.3. The zero-order chi connectivity index (χ0) is 20.0. The second-order valence-electron chi connectivity index (χ2n) is 7.88. The number of hydrogen-bond donors (Lipinski definition) is 0. The molecule has 0 saturated heterocycles. The summed E-state index contributed by atoms with van der Waals surface area (Å²) in [6, 6.07) is 8.16. The Morgan fingerprint density at radius 3 is 2.07 bits per heavy atom. The lowest BCUT2D eigenvalue weighted by molar-refractivity contribution is 0.206. The van der Waals surface area contributed by atoms with Crippen LogP contribution in [0.1, 0.15) is 90.5 Å². The maximum Gasteiger partial charge on any atom is 0.159 e. The Labute approximate surface area is 172 Å². The molecule has 0 radical (unpaired) electrons. The van der Waals surface area contributed by atoms with Gasteiger partial charge in [-0.25, -0.2) is 9.97 Å². The predicted octanol–water partition coefficient (Wildman–Crippen LogP) is 7.39. The molecule has 1 aromatic carbocycles. The van der Waals surface area contributed by atoms with E-state index in [4.69, 9.17) is 4.74 Å². The Balaban J connectivity index is 1.78. The van der Waals surface area contributed by atoms with Crippen molar-refractivity contribution in [1.82, 2.24) is 9.97 Å². The molecule has 154 valence electrons. The van der Waals surface area contributed by atoms with Gasteiger partial charge in [0, 0.05) is 18.0 Å². The maximum absolute atomic E-state index is 6.01. The standard InChI is InChI=1S/C25H38N2O/c1-4-6-8-9-10-12-14-22-19-26-25(27-20-22)23-15-17-24(18-16-23)28-21(3)13-11-7-5-2/h15-21H,4-14H2,1-3H3/t21-/m1/s1. The van der Waals surface area contributed by atoms with Crippen LogP contribution in [0.15, 0.2) is 36.7 Å². The first-order valence-corrected chi connectivity index (χ1v) is 11.3. The molecule has 3 heteroatoms. The lowest BCUT2D eigenvalue weighted by Gasteiger charge is -2.14. The van der Waals surface area contributed by atoms with E-state index in [1.165, 1.54) is 63.4 Å². The van der Waals surface area contributed by atoms with E-state index in [-0.39, 0.29) is 6.10 Å². The Bertz CT molecular complexity index is 637. The highest BCUT2D eigenvalue weighted by atomic mass is 16.5. The number of nitrogens with zero attached hydrogens (tertiary/aromatic N) is 2. The van der Waals surface area contributed by atoms with Crippen molar-refractivity contribution in [2.45, 2.75) is 97.5 Å². The zero-order valence-electron chi connectivity index (χ0n) is 18.1. The highest BCUT2D eigenvalue weighted by Crippen LogP contribution is 2.21. The molecule has 1 aromatic heterocycles. The van der Waals surface area contributed by atoms with Crippen LogP contribution in [0.25, 0.3) is 11.4 Å². The van der Waals surface area contributed by atoms with Gasteiger partial charge in [0.25, 0.3) is 0 Å². The number of benzene rings is 1. The maximum atomic E-state index is 6.01. The first-order valence-electron chi connectivity index (χ1n) is 11.3. The number of aryl methyl sites for hydroxylation is 1. The molecule has 3 nitrogen and oxygen atoms in total. The van der Waals surface area contributed by atoms with Gasteiger partial charge >= 0.3 is 0 Å². The van der Waals surface area contributed by atoms with Gasteiger partial charge in [-0.3, -0.25) is 0 Å². The summed E-state index contributed by atoms with van der Waals surface area (Å²) >= 11 is 0. The molecular weight excluding hydrogens is 344 g/mol. The van der Waals surface area contributed by atoms with E-state index in [9.17, 15) is 0 Å². The number of unbranched alkanes of at least 4 members (excludes halogenated alkanes) is 7. The highest BCUT2D eigenvalue weighted by Gasteiger charge is 2.06. The monoisotopic (exact) mass is 382 g/mol. The average Bonchev–Trinajstić information content (AvgIpc) is 2.72. The molecule has 0 bridgehead atoms. The fourth-order valence-corrected chi connectivity index (χ4v) is 3.40. The van der Waals surface area contributed by atoms with Crippen LogP contribution in [-0.2, 0) is 6.42 Å². The fourth-order valence-electron chi connectivity index (χ4n) is 3.40. The first kappa shape index (κ1) is 22.4. The van der Waals surface area contributed by atoms with Crippen LogP contribution >= 0.6 is 0 Å². The van der Waals surface area contributed by atoms with Crippen molar-refractivity contribution in [3.8, 4) is 17.1 Å². The molecule has 1 atom stereocenters.